The molecule has 3 N–H and O–H groups in total. The molecule has 2 aromatic rings. The standard InChI is InChI=1S/C14H15N3O4/c1-21-14(20)12(18)8-15-13(19)11-7-10(16-17-11)9-5-3-2-4-6-9/h2-7,12,18H,8H2,1H3,(H,15,19)(H,16,17). The third kappa shape index (κ3) is 3.67. The minimum atomic E-state index is -1.39. The molecule has 0 aliphatic carbocycles. The van der Waals surface area contributed by atoms with Gasteiger partial charge in [0.2, 0.25) is 0 Å². The van der Waals surface area contributed by atoms with E-state index in [0.717, 1.165) is 12.7 Å². The molecule has 0 saturated carbocycles. The molecule has 0 radical (unpaired) electrons. The molecule has 110 valence electrons. The number of ether oxygens (including phenoxy) is 1. The van der Waals surface area contributed by atoms with Crippen molar-refractivity contribution in [2.45, 2.75) is 6.10 Å². The van der Waals surface area contributed by atoms with Gasteiger partial charge in [-0.1, -0.05) is 30.3 Å². The van der Waals surface area contributed by atoms with Crippen LogP contribution in [0, 0.1) is 0 Å². The molecule has 1 unspecified atom stereocenters. The number of carbonyl (C=O) groups is 2. The third-order valence-electron chi connectivity index (χ3n) is 2.82. The fraction of sp³-hybridized carbons (Fsp3) is 0.214. The number of carbonyl (C=O) groups excluding carboxylic acids is 2. The zero-order valence-electron chi connectivity index (χ0n) is 11.4. The van der Waals surface area contributed by atoms with Crippen molar-refractivity contribution in [3.8, 4) is 11.3 Å². The van der Waals surface area contributed by atoms with Gasteiger partial charge in [-0.05, 0) is 6.07 Å². The van der Waals surface area contributed by atoms with Crippen LogP contribution in [-0.2, 0) is 9.53 Å². The lowest BCUT2D eigenvalue weighted by Gasteiger charge is -2.08. The van der Waals surface area contributed by atoms with Crippen molar-refractivity contribution < 1.29 is 19.4 Å². The third-order valence-corrected chi connectivity index (χ3v) is 2.82. The highest BCUT2D eigenvalue weighted by molar-refractivity contribution is 5.93. The number of methoxy groups -OCH3 is 1. The fourth-order valence-electron chi connectivity index (χ4n) is 1.70. The van der Waals surface area contributed by atoms with Gasteiger partial charge in [-0.2, -0.15) is 5.10 Å². The van der Waals surface area contributed by atoms with Gasteiger partial charge in [-0.15, -0.1) is 0 Å². The molecule has 1 amide bonds. The molecule has 0 aliphatic heterocycles. The molecular formula is C14H15N3O4. The number of esters is 1. The normalized spacial score (nSPS) is 11.7. The topological polar surface area (TPSA) is 104 Å². The fourth-order valence-corrected chi connectivity index (χ4v) is 1.70. The van der Waals surface area contributed by atoms with Crippen molar-refractivity contribution in [2.24, 2.45) is 0 Å². The SMILES string of the molecule is COC(=O)C(O)CNC(=O)c1cc(-c2ccccc2)n[nH]1. The highest BCUT2D eigenvalue weighted by Crippen LogP contribution is 2.16. The van der Waals surface area contributed by atoms with Crippen molar-refractivity contribution in [3.05, 3.63) is 42.1 Å². The molecule has 0 bridgehead atoms. The number of hydrogen-bond acceptors (Lipinski definition) is 5. The first kappa shape index (κ1) is 14.7. The van der Waals surface area contributed by atoms with Gasteiger partial charge in [0.15, 0.2) is 6.10 Å². The molecule has 1 aromatic carbocycles. The van der Waals surface area contributed by atoms with Crippen LogP contribution in [0.25, 0.3) is 11.3 Å². The van der Waals surface area contributed by atoms with Gasteiger partial charge in [-0.25, -0.2) is 4.79 Å². The maximum Gasteiger partial charge on any atom is 0.336 e. The van der Waals surface area contributed by atoms with Gasteiger partial charge < -0.3 is 15.2 Å². The summed E-state index contributed by atoms with van der Waals surface area (Å²) in [7, 11) is 1.16. The Labute approximate surface area is 120 Å². The second-order valence-electron chi connectivity index (χ2n) is 4.28. The number of aliphatic hydroxyl groups excluding tert-OH is 1. The number of amides is 1. The number of H-pyrrole nitrogens is 1. The molecule has 2 rings (SSSR count). The average molecular weight is 289 g/mol. The summed E-state index contributed by atoms with van der Waals surface area (Å²) in [5.74, 6) is -1.27. The molecule has 0 saturated heterocycles. The Morgan fingerprint density at radius 3 is 2.76 bits per heavy atom. The second kappa shape index (κ2) is 6.67. The molecule has 1 atom stereocenters. The van der Waals surface area contributed by atoms with Crippen molar-refractivity contribution in [3.63, 3.8) is 0 Å². The van der Waals surface area contributed by atoms with E-state index in [9.17, 15) is 14.7 Å². The summed E-state index contributed by atoms with van der Waals surface area (Å²) in [6, 6.07) is 11.0. The maximum atomic E-state index is 11.9. The number of aliphatic hydroxyl groups is 1. The number of nitrogens with one attached hydrogen (secondary N) is 2. The largest absolute Gasteiger partial charge is 0.467 e. The highest BCUT2D eigenvalue weighted by atomic mass is 16.5. The van der Waals surface area contributed by atoms with Crippen LogP contribution < -0.4 is 5.32 Å². The second-order valence-corrected chi connectivity index (χ2v) is 4.28. The molecule has 0 fully saturated rings. The summed E-state index contributed by atoms with van der Waals surface area (Å²) in [6.45, 7) is -0.231. The van der Waals surface area contributed by atoms with Gasteiger partial charge >= 0.3 is 5.97 Å². The Hall–Kier alpha value is -2.67. The highest BCUT2D eigenvalue weighted by Gasteiger charge is 2.17. The summed E-state index contributed by atoms with van der Waals surface area (Å²) in [5, 5.41) is 18.5. The van der Waals surface area contributed by atoms with E-state index in [2.05, 4.69) is 20.3 Å². The Kier molecular flexibility index (Phi) is 4.68. The van der Waals surface area contributed by atoms with Crippen molar-refractivity contribution in [2.75, 3.05) is 13.7 Å². The zero-order chi connectivity index (χ0) is 15.2. The predicted octanol–water partition coefficient (Wildman–Crippen LogP) is 0.340. The lowest BCUT2D eigenvalue weighted by Crippen LogP contribution is -2.37. The van der Waals surface area contributed by atoms with E-state index >= 15 is 0 Å². The summed E-state index contributed by atoms with van der Waals surface area (Å²) in [6.07, 6.45) is -1.39. The van der Waals surface area contributed by atoms with Gasteiger partial charge in [0.25, 0.3) is 5.91 Å². The van der Waals surface area contributed by atoms with Gasteiger partial charge in [0.1, 0.15) is 5.69 Å². The van der Waals surface area contributed by atoms with E-state index < -0.39 is 18.0 Å². The minimum Gasteiger partial charge on any atom is -0.467 e. The summed E-state index contributed by atoms with van der Waals surface area (Å²) in [5.41, 5.74) is 1.75. The van der Waals surface area contributed by atoms with Gasteiger partial charge in [0.05, 0.1) is 19.3 Å². The molecule has 0 aliphatic rings. The Bertz CT molecular complexity index is 624. The number of hydrogen-bond donors (Lipinski definition) is 3. The van der Waals surface area contributed by atoms with Gasteiger partial charge in [-0.3, -0.25) is 9.89 Å². The monoisotopic (exact) mass is 289 g/mol. The molecule has 21 heavy (non-hydrogen) atoms. The molecule has 1 aromatic heterocycles. The van der Waals surface area contributed by atoms with E-state index in [1.54, 1.807) is 6.07 Å². The first-order chi connectivity index (χ1) is 10.1. The smallest absolute Gasteiger partial charge is 0.336 e. The average Bonchev–Trinajstić information content (AvgIpc) is 3.02. The summed E-state index contributed by atoms with van der Waals surface area (Å²) in [4.78, 5) is 22.9. The van der Waals surface area contributed by atoms with Crippen molar-refractivity contribution in [1.29, 1.82) is 0 Å². The molecule has 7 nitrogen and oxygen atoms in total. The Morgan fingerprint density at radius 1 is 1.38 bits per heavy atom. The van der Waals surface area contributed by atoms with Crippen molar-refractivity contribution in [1.82, 2.24) is 15.5 Å². The lowest BCUT2D eigenvalue weighted by molar-refractivity contribution is -0.149. The Balaban J connectivity index is 1.98. The summed E-state index contributed by atoms with van der Waals surface area (Å²) < 4.78 is 4.35. The zero-order valence-corrected chi connectivity index (χ0v) is 11.4. The van der Waals surface area contributed by atoms with Crippen LogP contribution >= 0.6 is 0 Å². The number of nitrogens with zero attached hydrogens (tertiary/aromatic N) is 1. The van der Waals surface area contributed by atoms with Crippen LogP contribution in [0.4, 0.5) is 0 Å². The van der Waals surface area contributed by atoms with Crippen LogP contribution in [0.5, 0.6) is 0 Å². The number of aromatic amines is 1. The first-order valence-corrected chi connectivity index (χ1v) is 6.26. The Morgan fingerprint density at radius 2 is 2.10 bits per heavy atom. The number of rotatable bonds is 5. The van der Waals surface area contributed by atoms with E-state index in [0.29, 0.717) is 5.69 Å². The van der Waals surface area contributed by atoms with E-state index in [1.807, 2.05) is 30.3 Å². The van der Waals surface area contributed by atoms with E-state index in [-0.39, 0.29) is 12.2 Å². The predicted molar refractivity (Wildman–Crippen MR) is 74.4 cm³/mol. The van der Waals surface area contributed by atoms with E-state index in [4.69, 9.17) is 0 Å². The van der Waals surface area contributed by atoms with Crippen molar-refractivity contribution >= 4 is 11.9 Å². The number of aromatic nitrogens is 2. The quantitative estimate of drug-likeness (QED) is 0.689. The molecular weight excluding hydrogens is 274 g/mol. The van der Waals surface area contributed by atoms with Gasteiger partial charge in [0, 0.05) is 5.56 Å². The van der Waals surface area contributed by atoms with Crippen LogP contribution in [-0.4, -0.2) is 46.9 Å². The van der Waals surface area contributed by atoms with Crippen LogP contribution in [0.1, 0.15) is 10.5 Å². The minimum absolute atomic E-state index is 0.231. The van der Waals surface area contributed by atoms with Crippen LogP contribution in [0.15, 0.2) is 36.4 Å². The molecule has 7 heteroatoms. The van der Waals surface area contributed by atoms with Crippen LogP contribution in [0.2, 0.25) is 0 Å². The first-order valence-electron chi connectivity index (χ1n) is 6.26. The maximum absolute atomic E-state index is 11.9. The summed E-state index contributed by atoms with van der Waals surface area (Å²) >= 11 is 0. The lowest BCUT2D eigenvalue weighted by atomic mass is 10.1. The van der Waals surface area contributed by atoms with Crippen LogP contribution in [0.3, 0.4) is 0 Å². The number of benzene rings is 1. The van der Waals surface area contributed by atoms with E-state index in [1.165, 1.54) is 0 Å². The molecule has 0 spiro atoms. The molecule has 1 heterocycles.